The van der Waals surface area contributed by atoms with Crippen molar-refractivity contribution in [3.8, 4) is 0 Å². The van der Waals surface area contributed by atoms with Gasteiger partial charge in [0.25, 0.3) is 0 Å². The van der Waals surface area contributed by atoms with Crippen LogP contribution in [0.15, 0.2) is 36.7 Å². The fraction of sp³-hybridized carbons (Fsp3) is 0.500. The van der Waals surface area contributed by atoms with Crippen LogP contribution in [-0.4, -0.2) is 20.8 Å². The average molecular weight is 327 g/mol. The summed E-state index contributed by atoms with van der Waals surface area (Å²) in [5.74, 6) is 1.28. The number of nitrogens with zero attached hydrogens (tertiary/aromatic N) is 3. The lowest BCUT2D eigenvalue weighted by Crippen LogP contribution is -2.40. The van der Waals surface area contributed by atoms with Gasteiger partial charge in [0.15, 0.2) is 5.82 Å². The number of hydrogen-bond donors (Lipinski definition) is 2. The maximum Gasteiger partial charge on any atom is 0.315 e. The molecule has 2 amide bonds. The molecule has 1 saturated carbocycles. The Kier molecular flexibility index (Phi) is 5.46. The molecular formula is C18H25N5O. The molecule has 0 unspecified atom stereocenters. The molecule has 0 spiro atoms. The van der Waals surface area contributed by atoms with Crippen LogP contribution in [0.1, 0.15) is 50.0 Å². The van der Waals surface area contributed by atoms with Gasteiger partial charge in [-0.25, -0.2) is 4.79 Å². The summed E-state index contributed by atoms with van der Waals surface area (Å²) in [4.78, 5) is 12.4. The first kappa shape index (κ1) is 16.5. The van der Waals surface area contributed by atoms with Gasteiger partial charge in [0.05, 0.1) is 12.6 Å². The summed E-state index contributed by atoms with van der Waals surface area (Å²) in [6, 6.07) is 10.2. The molecule has 6 heteroatoms. The van der Waals surface area contributed by atoms with Gasteiger partial charge in [-0.15, -0.1) is 10.2 Å². The standard InChI is InChI=1S/C18H25N5O/c1-2-23-13-20-22-16(23)12-19-18(24)21-17(15-10-6-7-11-15)14-8-4-3-5-9-14/h3-5,8-9,13,15,17H,2,6-7,10-12H2,1H3,(H2,19,21,24)/t17-/m1/s1. The Morgan fingerprint density at radius 1 is 1.29 bits per heavy atom. The van der Waals surface area contributed by atoms with E-state index in [0.717, 1.165) is 12.4 Å². The molecule has 1 aromatic carbocycles. The smallest absolute Gasteiger partial charge is 0.315 e. The van der Waals surface area contributed by atoms with Gasteiger partial charge in [-0.05, 0) is 31.2 Å². The van der Waals surface area contributed by atoms with E-state index in [2.05, 4.69) is 33.0 Å². The van der Waals surface area contributed by atoms with E-state index < -0.39 is 0 Å². The van der Waals surface area contributed by atoms with Gasteiger partial charge in [-0.2, -0.15) is 0 Å². The largest absolute Gasteiger partial charge is 0.331 e. The lowest BCUT2D eigenvalue weighted by molar-refractivity contribution is 0.230. The van der Waals surface area contributed by atoms with E-state index in [1.54, 1.807) is 6.33 Å². The lowest BCUT2D eigenvalue weighted by atomic mass is 9.92. The maximum atomic E-state index is 12.4. The topological polar surface area (TPSA) is 71.8 Å². The zero-order valence-corrected chi connectivity index (χ0v) is 14.1. The highest BCUT2D eigenvalue weighted by molar-refractivity contribution is 5.74. The molecule has 1 aliphatic carbocycles. The van der Waals surface area contributed by atoms with Gasteiger partial charge < -0.3 is 15.2 Å². The number of nitrogens with one attached hydrogen (secondary N) is 2. The van der Waals surface area contributed by atoms with Crippen LogP contribution in [-0.2, 0) is 13.1 Å². The molecule has 24 heavy (non-hydrogen) atoms. The third-order valence-corrected chi connectivity index (χ3v) is 4.76. The Morgan fingerprint density at radius 3 is 2.75 bits per heavy atom. The minimum absolute atomic E-state index is 0.0674. The van der Waals surface area contributed by atoms with Crippen molar-refractivity contribution in [3.05, 3.63) is 48.0 Å². The lowest BCUT2D eigenvalue weighted by Gasteiger charge is -2.25. The molecule has 0 saturated heterocycles. The van der Waals surface area contributed by atoms with Crippen molar-refractivity contribution in [1.29, 1.82) is 0 Å². The molecule has 1 fully saturated rings. The first-order valence-corrected chi connectivity index (χ1v) is 8.74. The van der Waals surface area contributed by atoms with Crippen LogP contribution in [0.2, 0.25) is 0 Å². The first-order valence-electron chi connectivity index (χ1n) is 8.74. The van der Waals surface area contributed by atoms with Crippen molar-refractivity contribution in [1.82, 2.24) is 25.4 Å². The predicted octanol–water partition coefficient (Wildman–Crippen LogP) is 3.03. The molecule has 128 valence electrons. The van der Waals surface area contributed by atoms with Crippen LogP contribution < -0.4 is 10.6 Å². The molecule has 0 bridgehead atoms. The highest BCUT2D eigenvalue weighted by atomic mass is 16.2. The zero-order chi connectivity index (χ0) is 16.8. The van der Waals surface area contributed by atoms with Gasteiger partial charge in [-0.1, -0.05) is 43.2 Å². The van der Waals surface area contributed by atoms with E-state index >= 15 is 0 Å². The number of rotatable bonds is 6. The Hall–Kier alpha value is -2.37. The molecule has 3 rings (SSSR count). The van der Waals surface area contributed by atoms with E-state index in [-0.39, 0.29) is 12.1 Å². The second-order valence-corrected chi connectivity index (χ2v) is 6.29. The molecule has 2 N–H and O–H groups in total. The molecular weight excluding hydrogens is 302 g/mol. The van der Waals surface area contributed by atoms with E-state index in [4.69, 9.17) is 0 Å². The number of aromatic nitrogens is 3. The zero-order valence-electron chi connectivity index (χ0n) is 14.1. The van der Waals surface area contributed by atoms with Crippen molar-refractivity contribution >= 4 is 6.03 Å². The summed E-state index contributed by atoms with van der Waals surface area (Å²) in [7, 11) is 0. The van der Waals surface area contributed by atoms with Gasteiger partial charge in [-0.3, -0.25) is 0 Å². The Labute approximate surface area is 142 Å². The minimum Gasteiger partial charge on any atom is -0.331 e. The third-order valence-electron chi connectivity index (χ3n) is 4.76. The number of aryl methyl sites for hydroxylation is 1. The SMILES string of the molecule is CCn1cnnc1CNC(=O)N[C@H](c1ccccc1)C1CCCC1. The third kappa shape index (κ3) is 3.93. The van der Waals surface area contributed by atoms with Crippen LogP contribution in [0.5, 0.6) is 0 Å². The van der Waals surface area contributed by atoms with Gasteiger partial charge in [0.1, 0.15) is 6.33 Å². The van der Waals surface area contributed by atoms with Crippen molar-refractivity contribution in [2.24, 2.45) is 5.92 Å². The van der Waals surface area contributed by atoms with Crippen molar-refractivity contribution in [2.45, 2.75) is 51.7 Å². The number of benzene rings is 1. The second-order valence-electron chi connectivity index (χ2n) is 6.29. The minimum atomic E-state index is -0.151. The van der Waals surface area contributed by atoms with Crippen LogP contribution in [0.3, 0.4) is 0 Å². The monoisotopic (exact) mass is 327 g/mol. The number of carbonyl (C=O) groups is 1. The first-order chi connectivity index (χ1) is 11.8. The number of amides is 2. The number of urea groups is 1. The van der Waals surface area contributed by atoms with Gasteiger partial charge in [0.2, 0.25) is 0 Å². The summed E-state index contributed by atoms with van der Waals surface area (Å²) < 4.78 is 1.92. The quantitative estimate of drug-likeness (QED) is 0.856. The number of carbonyl (C=O) groups excluding carboxylic acids is 1. The Balaban J connectivity index is 1.63. The second kappa shape index (κ2) is 7.95. The van der Waals surface area contributed by atoms with Crippen LogP contribution in [0.25, 0.3) is 0 Å². The summed E-state index contributed by atoms with van der Waals surface area (Å²) in [5.41, 5.74) is 1.18. The fourth-order valence-corrected chi connectivity index (χ4v) is 3.46. The molecule has 1 aromatic heterocycles. The summed E-state index contributed by atoms with van der Waals surface area (Å²) in [6.07, 6.45) is 6.52. The van der Waals surface area contributed by atoms with Crippen molar-refractivity contribution in [3.63, 3.8) is 0 Å². The van der Waals surface area contributed by atoms with E-state index in [0.29, 0.717) is 12.5 Å². The fourth-order valence-electron chi connectivity index (χ4n) is 3.46. The Morgan fingerprint density at radius 2 is 2.04 bits per heavy atom. The van der Waals surface area contributed by atoms with Crippen LogP contribution in [0, 0.1) is 5.92 Å². The van der Waals surface area contributed by atoms with Crippen molar-refractivity contribution < 1.29 is 4.79 Å². The molecule has 1 heterocycles. The molecule has 1 aliphatic rings. The highest BCUT2D eigenvalue weighted by Gasteiger charge is 2.27. The van der Waals surface area contributed by atoms with E-state index in [1.807, 2.05) is 29.7 Å². The van der Waals surface area contributed by atoms with Crippen LogP contribution >= 0.6 is 0 Å². The van der Waals surface area contributed by atoms with E-state index in [1.165, 1.54) is 31.2 Å². The van der Waals surface area contributed by atoms with Gasteiger partial charge >= 0.3 is 6.03 Å². The van der Waals surface area contributed by atoms with E-state index in [9.17, 15) is 4.79 Å². The summed E-state index contributed by atoms with van der Waals surface area (Å²) in [6.45, 7) is 3.20. The summed E-state index contributed by atoms with van der Waals surface area (Å²) in [5, 5.41) is 14.0. The normalized spacial score (nSPS) is 16.0. The highest BCUT2D eigenvalue weighted by Crippen LogP contribution is 2.35. The molecule has 0 radical (unpaired) electrons. The molecule has 6 nitrogen and oxygen atoms in total. The predicted molar refractivity (Wildman–Crippen MR) is 92.2 cm³/mol. The van der Waals surface area contributed by atoms with Crippen molar-refractivity contribution in [2.75, 3.05) is 0 Å². The number of hydrogen-bond acceptors (Lipinski definition) is 3. The molecule has 1 atom stereocenters. The maximum absolute atomic E-state index is 12.4. The average Bonchev–Trinajstić information content (AvgIpc) is 3.30. The van der Waals surface area contributed by atoms with Crippen LogP contribution in [0.4, 0.5) is 4.79 Å². The molecule has 2 aromatic rings. The van der Waals surface area contributed by atoms with Gasteiger partial charge in [0, 0.05) is 6.54 Å². The molecule has 0 aliphatic heterocycles. The Bertz CT molecular complexity index is 648. The summed E-state index contributed by atoms with van der Waals surface area (Å²) >= 11 is 0.